The molecule has 1 fully saturated rings. The molecule has 2 heterocycles. The maximum absolute atomic E-state index is 13.4. The van der Waals surface area contributed by atoms with Gasteiger partial charge in [0.25, 0.3) is 5.91 Å². The summed E-state index contributed by atoms with van der Waals surface area (Å²) < 4.78 is 13.4. The van der Waals surface area contributed by atoms with Gasteiger partial charge in [0, 0.05) is 24.2 Å². The molecular weight excluding hydrogens is 355 g/mol. The van der Waals surface area contributed by atoms with Gasteiger partial charge in [-0.1, -0.05) is 11.6 Å². The Bertz CT molecular complexity index is 988. The van der Waals surface area contributed by atoms with Crippen LogP contribution in [0.2, 0.25) is 5.02 Å². The molecule has 0 bridgehead atoms. The van der Waals surface area contributed by atoms with E-state index in [4.69, 9.17) is 11.6 Å². The van der Waals surface area contributed by atoms with Crippen LogP contribution in [0.15, 0.2) is 42.7 Å². The molecule has 5 nitrogen and oxygen atoms in total. The number of benzene rings is 2. The topological polar surface area (TPSA) is 58.1 Å². The van der Waals surface area contributed by atoms with E-state index in [1.807, 2.05) is 6.07 Å². The Balaban J connectivity index is 1.63. The molecule has 7 heteroatoms. The van der Waals surface area contributed by atoms with E-state index in [9.17, 15) is 9.18 Å². The lowest BCUT2D eigenvalue weighted by molar-refractivity contribution is 0.102. The number of anilines is 2. The largest absolute Gasteiger partial charge is 0.356 e. The first-order valence-corrected chi connectivity index (χ1v) is 8.76. The number of nitrogens with one attached hydrogen (secondary N) is 1. The van der Waals surface area contributed by atoms with Crippen molar-refractivity contribution < 1.29 is 9.18 Å². The predicted molar refractivity (Wildman–Crippen MR) is 100 cm³/mol. The third-order valence-corrected chi connectivity index (χ3v) is 4.78. The maximum atomic E-state index is 13.4. The van der Waals surface area contributed by atoms with Crippen molar-refractivity contribution in [1.82, 2.24) is 9.97 Å². The van der Waals surface area contributed by atoms with Crippen LogP contribution in [0.5, 0.6) is 0 Å². The number of amides is 1. The molecule has 0 atom stereocenters. The van der Waals surface area contributed by atoms with Crippen LogP contribution in [-0.4, -0.2) is 29.0 Å². The van der Waals surface area contributed by atoms with Crippen LogP contribution in [0.25, 0.3) is 10.9 Å². The third kappa shape index (κ3) is 3.20. The molecule has 3 aromatic rings. The quantitative estimate of drug-likeness (QED) is 0.747. The molecule has 1 N–H and O–H groups in total. The number of nitrogens with zero attached hydrogens (tertiary/aromatic N) is 3. The van der Waals surface area contributed by atoms with Gasteiger partial charge in [0.15, 0.2) is 0 Å². The van der Waals surface area contributed by atoms with E-state index >= 15 is 0 Å². The summed E-state index contributed by atoms with van der Waals surface area (Å²) in [5.74, 6) is -0.0673. The number of fused-ring (bicyclic) bond motifs is 1. The number of halogens is 2. The van der Waals surface area contributed by atoms with E-state index in [-0.39, 0.29) is 10.6 Å². The highest BCUT2D eigenvalue weighted by Crippen LogP contribution is 2.28. The van der Waals surface area contributed by atoms with Crippen LogP contribution in [0, 0.1) is 5.82 Å². The second-order valence-electron chi connectivity index (χ2n) is 6.20. The summed E-state index contributed by atoms with van der Waals surface area (Å²) in [6.07, 6.45) is 3.85. The lowest BCUT2D eigenvalue weighted by Gasteiger charge is -2.18. The second-order valence-corrected chi connectivity index (χ2v) is 6.61. The minimum Gasteiger partial charge on any atom is -0.356 e. The molecule has 0 unspecified atom stereocenters. The first kappa shape index (κ1) is 16.7. The maximum Gasteiger partial charge on any atom is 0.257 e. The van der Waals surface area contributed by atoms with E-state index < -0.39 is 11.7 Å². The van der Waals surface area contributed by atoms with Crippen molar-refractivity contribution in [3.63, 3.8) is 0 Å². The molecule has 1 aliphatic rings. The fourth-order valence-electron chi connectivity index (χ4n) is 3.17. The van der Waals surface area contributed by atoms with Crippen LogP contribution in [0.3, 0.4) is 0 Å². The summed E-state index contributed by atoms with van der Waals surface area (Å²) in [5.41, 5.74) is 1.39. The van der Waals surface area contributed by atoms with Crippen molar-refractivity contribution >= 4 is 39.9 Å². The molecule has 2 aromatic carbocycles. The van der Waals surface area contributed by atoms with Crippen LogP contribution in [0.1, 0.15) is 23.2 Å². The Morgan fingerprint density at radius 2 is 1.92 bits per heavy atom. The summed E-state index contributed by atoms with van der Waals surface area (Å²) in [4.78, 5) is 23.4. The van der Waals surface area contributed by atoms with Crippen LogP contribution in [-0.2, 0) is 0 Å². The molecule has 1 aliphatic heterocycles. The number of hydrogen-bond donors (Lipinski definition) is 1. The van der Waals surface area contributed by atoms with Crippen LogP contribution in [0.4, 0.5) is 15.9 Å². The van der Waals surface area contributed by atoms with E-state index in [2.05, 4.69) is 20.2 Å². The lowest BCUT2D eigenvalue weighted by Crippen LogP contribution is -2.19. The molecule has 1 amide bonds. The number of rotatable bonds is 3. The SMILES string of the molecule is O=C(Nc1ccc2c(N3CCCC3)ncnc2c1)c1cc(F)ccc1Cl. The fourth-order valence-corrected chi connectivity index (χ4v) is 3.37. The van der Waals surface area contributed by atoms with Crippen LogP contribution >= 0.6 is 11.6 Å². The average Bonchev–Trinajstić information content (AvgIpc) is 3.17. The molecule has 26 heavy (non-hydrogen) atoms. The molecule has 0 aliphatic carbocycles. The average molecular weight is 371 g/mol. The zero-order valence-corrected chi connectivity index (χ0v) is 14.6. The van der Waals surface area contributed by atoms with Gasteiger partial charge in [-0.05, 0) is 49.2 Å². The van der Waals surface area contributed by atoms with Crippen molar-refractivity contribution in [2.24, 2.45) is 0 Å². The monoisotopic (exact) mass is 370 g/mol. The Morgan fingerprint density at radius 1 is 1.12 bits per heavy atom. The Labute approximate surface area is 154 Å². The van der Waals surface area contributed by atoms with Crippen molar-refractivity contribution in [3.8, 4) is 0 Å². The standard InChI is InChI=1S/C19H16ClFN4O/c20-16-6-3-12(21)9-15(16)19(26)24-13-4-5-14-17(10-13)22-11-23-18(14)25-7-1-2-8-25/h3-6,9-11H,1-2,7-8H2,(H,24,26). The number of carbonyl (C=O) groups is 1. The zero-order valence-electron chi connectivity index (χ0n) is 13.9. The molecular formula is C19H16ClFN4O. The van der Waals surface area contributed by atoms with E-state index in [0.29, 0.717) is 5.69 Å². The predicted octanol–water partition coefficient (Wildman–Crippen LogP) is 4.27. The minimum atomic E-state index is -0.513. The van der Waals surface area contributed by atoms with Gasteiger partial charge in [-0.2, -0.15) is 0 Å². The van der Waals surface area contributed by atoms with Gasteiger partial charge < -0.3 is 10.2 Å². The highest BCUT2D eigenvalue weighted by atomic mass is 35.5. The summed E-state index contributed by atoms with van der Waals surface area (Å²) in [6.45, 7) is 1.98. The molecule has 0 spiro atoms. The van der Waals surface area contributed by atoms with Gasteiger partial charge in [0.1, 0.15) is 18.0 Å². The molecule has 0 radical (unpaired) electrons. The number of carbonyl (C=O) groups excluding carboxylic acids is 1. The number of aromatic nitrogens is 2. The van der Waals surface area contributed by atoms with Crippen molar-refractivity contribution in [2.75, 3.05) is 23.3 Å². The zero-order chi connectivity index (χ0) is 18.1. The van der Waals surface area contributed by atoms with Crippen molar-refractivity contribution in [1.29, 1.82) is 0 Å². The Kier molecular flexibility index (Phi) is 4.42. The van der Waals surface area contributed by atoms with Gasteiger partial charge in [-0.25, -0.2) is 14.4 Å². The van der Waals surface area contributed by atoms with Crippen LogP contribution < -0.4 is 10.2 Å². The number of hydrogen-bond acceptors (Lipinski definition) is 4. The van der Waals surface area contributed by atoms with Crippen molar-refractivity contribution in [2.45, 2.75) is 12.8 Å². The fraction of sp³-hybridized carbons (Fsp3) is 0.211. The van der Waals surface area contributed by atoms with Gasteiger partial charge >= 0.3 is 0 Å². The van der Waals surface area contributed by atoms with E-state index in [1.165, 1.54) is 18.5 Å². The molecule has 1 saturated heterocycles. The Hall–Kier alpha value is -2.73. The van der Waals surface area contributed by atoms with Gasteiger partial charge in [-0.15, -0.1) is 0 Å². The van der Waals surface area contributed by atoms with Gasteiger partial charge in [-0.3, -0.25) is 4.79 Å². The van der Waals surface area contributed by atoms with Gasteiger partial charge in [0.2, 0.25) is 0 Å². The molecule has 132 valence electrons. The molecule has 0 saturated carbocycles. The highest BCUT2D eigenvalue weighted by Gasteiger charge is 2.17. The second kappa shape index (κ2) is 6.88. The third-order valence-electron chi connectivity index (χ3n) is 4.45. The van der Waals surface area contributed by atoms with E-state index in [0.717, 1.165) is 48.7 Å². The Morgan fingerprint density at radius 3 is 2.73 bits per heavy atom. The van der Waals surface area contributed by atoms with E-state index in [1.54, 1.807) is 12.1 Å². The smallest absolute Gasteiger partial charge is 0.257 e. The normalized spacial score (nSPS) is 14.0. The summed E-state index contributed by atoms with van der Waals surface area (Å²) >= 11 is 5.99. The molecule has 1 aromatic heterocycles. The first-order chi connectivity index (χ1) is 12.6. The van der Waals surface area contributed by atoms with Gasteiger partial charge in [0.05, 0.1) is 16.1 Å². The summed E-state index contributed by atoms with van der Waals surface area (Å²) in [6, 6.07) is 9.16. The summed E-state index contributed by atoms with van der Waals surface area (Å²) in [5, 5.41) is 3.88. The summed E-state index contributed by atoms with van der Waals surface area (Å²) in [7, 11) is 0. The lowest BCUT2D eigenvalue weighted by atomic mass is 10.1. The minimum absolute atomic E-state index is 0.0900. The van der Waals surface area contributed by atoms with Crippen molar-refractivity contribution in [3.05, 3.63) is 59.1 Å². The highest BCUT2D eigenvalue weighted by molar-refractivity contribution is 6.34. The first-order valence-electron chi connectivity index (χ1n) is 8.38. The molecule has 4 rings (SSSR count).